The smallest absolute Gasteiger partial charge is 0.0525 e. The molecular formula is C8H14Cl2O. The minimum absolute atomic E-state index is 0.177. The molecular weight excluding hydrogens is 183 g/mol. The lowest BCUT2D eigenvalue weighted by Gasteiger charge is -2.35. The zero-order chi connectivity index (χ0) is 8.48. The maximum absolute atomic E-state index is 6.14. The summed E-state index contributed by atoms with van der Waals surface area (Å²) in [6, 6.07) is 0. The zero-order valence-electron chi connectivity index (χ0n) is 6.94. The number of hydrogen-bond acceptors (Lipinski definition) is 1. The van der Waals surface area contributed by atoms with E-state index in [4.69, 9.17) is 27.9 Å². The van der Waals surface area contributed by atoms with Crippen LogP contribution in [0.5, 0.6) is 0 Å². The molecule has 0 aromatic heterocycles. The minimum Gasteiger partial charge on any atom is -0.381 e. The standard InChI is InChI=1S/C8H14Cl2O/c1-8(2,10)6-5-11-4-3-7(6)9/h6-7H,3-5H2,1-2H3. The first-order valence-corrected chi connectivity index (χ1v) is 4.74. The third-order valence-electron chi connectivity index (χ3n) is 2.15. The molecule has 0 aromatic carbocycles. The van der Waals surface area contributed by atoms with E-state index in [1.165, 1.54) is 0 Å². The molecule has 1 aliphatic heterocycles. The molecule has 3 heteroatoms. The van der Waals surface area contributed by atoms with Crippen LogP contribution < -0.4 is 0 Å². The summed E-state index contributed by atoms with van der Waals surface area (Å²) in [7, 11) is 0. The highest BCUT2D eigenvalue weighted by Gasteiger charge is 2.35. The average molecular weight is 197 g/mol. The van der Waals surface area contributed by atoms with Gasteiger partial charge in [0.1, 0.15) is 0 Å². The van der Waals surface area contributed by atoms with Crippen molar-refractivity contribution in [3.63, 3.8) is 0 Å². The van der Waals surface area contributed by atoms with Crippen molar-refractivity contribution in [3.8, 4) is 0 Å². The van der Waals surface area contributed by atoms with Gasteiger partial charge in [-0.05, 0) is 20.3 Å². The van der Waals surface area contributed by atoms with Crippen molar-refractivity contribution in [3.05, 3.63) is 0 Å². The lowest BCUT2D eigenvalue weighted by atomic mass is 9.89. The molecule has 1 nitrogen and oxygen atoms in total. The molecule has 0 aromatic rings. The Labute approximate surface area is 78.0 Å². The average Bonchev–Trinajstić information content (AvgIpc) is 1.86. The van der Waals surface area contributed by atoms with Gasteiger partial charge in [0.25, 0.3) is 0 Å². The Bertz CT molecular complexity index is 131. The second-order valence-corrected chi connectivity index (χ2v) is 5.09. The molecule has 0 N–H and O–H groups in total. The third-order valence-corrected chi connectivity index (χ3v) is 2.96. The second kappa shape index (κ2) is 3.51. The SMILES string of the molecule is CC(C)(Cl)C1COCCC1Cl. The molecule has 0 bridgehead atoms. The maximum atomic E-state index is 6.14. The molecule has 2 unspecified atom stereocenters. The minimum atomic E-state index is -0.243. The lowest BCUT2D eigenvalue weighted by molar-refractivity contribution is 0.0456. The van der Waals surface area contributed by atoms with Gasteiger partial charge in [0.2, 0.25) is 0 Å². The summed E-state index contributed by atoms with van der Waals surface area (Å²) < 4.78 is 5.31. The highest BCUT2D eigenvalue weighted by atomic mass is 35.5. The van der Waals surface area contributed by atoms with Crippen LogP contribution >= 0.6 is 23.2 Å². The summed E-state index contributed by atoms with van der Waals surface area (Å²) in [6.07, 6.45) is 0.919. The van der Waals surface area contributed by atoms with Gasteiger partial charge in [-0.15, -0.1) is 23.2 Å². The van der Waals surface area contributed by atoms with E-state index in [1.807, 2.05) is 13.8 Å². The molecule has 1 aliphatic rings. The van der Waals surface area contributed by atoms with Crippen LogP contribution in [-0.2, 0) is 4.74 Å². The van der Waals surface area contributed by atoms with Gasteiger partial charge >= 0.3 is 0 Å². The summed E-state index contributed by atoms with van der Waals surface area (Å²) in [4.78, 5) is -0.243. The molecule has 66 valence electrons. The first kappa shape index (κ1) is 9.63. The molecule has 0 radical (unpaired) electrons. The van der Waals surface area contributed by atoms with Crippen LogP contribution in [0.3, 0.4) is 0 Å². The number of alkyl halides is 2. The van der Waals surface area contributed by atoms with E-state index in [2.05, 4.69) is 0 Å². The molecule has 0 amide bonds. The molecule has 0 saturated carbocycles. The first-order chi connectivity index (χ1) is 5.02. The molecule has 2 atom stereocenters. The Morgan fingerprint density at radius 2 is 2.09 bits per heavy atom. The van der Waals surface area contributed by atoms with E-state index < -0.39 is 0 Å². The molecule has 0 spiro atoms. The summed E-state index contributed by atoms with van der Waals surface area (Å²) >= 11 is 12.2. The zero-order valence-corrected chi connectivity index (χ0v) is 8.45. The quantitative estimate of drug-likeness (QED) is 0.587. The van der Waals surface area contributed by atoms with Crippen molar-refractivity contribution in [2.24, 2.45) is 5.92 Å². The fraction of sp³-hybridized carbons (Fsp3) is 1.00. The van der Waals surface area contributed by atoms with Crippen LogP contribution in [0.2, 0.25) is 0 Å². The largest absolute Gasteiger partial charge is 0.381 e. The molecule has 1 heterocycles. The van der Waals surface area contributed by atoms with Crippen molar-refractivity contribution < 1.29 is 4.74 Å². The summed E-state index contributed by atoms with van der Waals surface area (Å²) in [5, 5.41) is 0.177. The number of hydrogen-bond donors (Lipinski definition) is 0. The van der Waals surface area contributed by atoms with Crippen LogP contribution in [0.25, 0.3) is 0 Å². The Morgan fingerprint density at radius 1 is 1.45 bits per heavy atom. The van der Waals surface area contributed by atoms with Crippen LogP contribution in [0, 0.1) is 5.92 Å². The van der Waals surface area contributed by atoms with E-state index in [-0.39, 0.29) is 16.2 Å². The van der Waals surface area contributed by atoms with Gasteiger partial charge in [-0.25, -0.2) is 0 Å². The highest BCUT2D eigenvalue weighted by molar-refractivity contribution is 6.25. The van der Waals surface area contributed by atoms with Gasteiger partial charge in [0.05, 0.1) is 6.61 Å². The van der Waals surface area contributed by atoms with E-state index in [0.717, 1.165) is 13.0 Å². The predicted octanol–water partition coefficient (Wildman–Crippen LogP) is 2.65. The first-order valence-electron chi connectivity index (χ1n) is 3.92. The van der Waals surface area contributed by atoms with Crippen LogP contribution in [0.4, 0.5) is 0 Å². The third kappa shape index (κ3) is 2.50. The van der Waals surface area contributed by atoms with Gasteiger partial charge < -0.3 is 4.74 Å². The summed E-state index contributed by atoms with van der Waals surface area (Å²) in [6.45, 7) is 5.45. The summed E-state index contributed by atoms with van der Waals surface area (Å²) in [5.41, 5.74) is 0. The van der Waals surface area contributed by atoms with Gasteiger partial charge in [-0.3, -0.25) is 0 Å². The normalized spacial score (nSPS) is 33.8. The monoisotopic (exact) mass is 196 g/mol. The number of halogens is 2. The van der Waals surface area contributed by atoms with Crippen LogP contribution in [-0.4, -0.2) is 23.5 Å². The Hall–Kier alpha value is 0.540. The van der Waals surface area contributed by atoms with Crippen molar-refractivity contribution in [2.75, 3.05) is 13.2 Å². The molecule has 1 fully saturated rings. The van der Waals surface area contributed by atoms with Crippen molar-refractivity contribution >= 4 is 23.2 Å². The topological polar surface area (TPSA) is 9.23 Å². The Morgan fingerprint density at radius 3 is 2.45 bits per heavy atom. The van der Waals surface area contributed by atoms with Crippen molar-refractivity contribution in [1.29, 1.82) is 0 Å². The Balaban J connectivity index is 2.55. The van der Waals surface area contributed by atoms with Gasteiger partial charge in [0.15, 0.2) is 0 Å². The van der Waals surface area contributed by atoms with Gasteiger partial charge in [0, 0.05) is 22.8 Å². The molecule has 1 saturated heterocycles. The molecule has 11 heavy (non-hydrogen) atoms. The Kier molecular flexibility index (Phi) is 3.07. The predicted molar refractivity (Wildman–Crippen MR) is 48.5 cm³/mol. The number of ether oxygens (including phenoxy) is 1. The maximum Gasteiger partial charge on any atom is 0.0525 e. The van der Waals surface area contributed by atoms with Crippen molar-refractivity contribution in [2.45, 2.75) is 30.5 Å². The fourth-order valence-corrected chi connectivity index (χ4v) is 2.10. The molecule has 0 aliphatic carbocycles. The van der Waals surface area contributed by atoms with Crippen molar-refractivity contribution in [1.82, 2.24) is 0 Å². The van der Waals surface area contributed by atoms with E-state index in [1.54, 1.807) is 0 Å². The fourth-order valence-electron chi connectivity index (χ4n) is 1.34. The van der Waals surface area contributed by atoms with E-state index in [0.29, 0.717) is 6.61 Å². The molecule has 1 rings (SSSR count). The van der Waals surface area contributed by atoms with Crippen LogP contribution in [0.15, 0.2) is 0 Å². The highest BCUT2D eigenvalue weighted by Crippen LogP contribution is 2.33. The van der Waals surface area contributed by atoms with Gasteiger partial charge in [-0.2, -0.15) is 0 Å². The lowest BCUT2D eigenvalue weighted by Crippen LogP contribution is -2.40. The number of rotatable bonds is 1. The summed E-state index contributed by atoms with van der Waals surface area (Å²) in [5.74, 6) is 0.277. The van der Waals surface area contributed by atoms with E-state index >= 15 is 0 Å². The van der Waals surface area contributed by atoms with E-state index in [9.17, 15) is 0 Å². The van der Waals surface area contributed by atoms with Gasteiger partial charge in [-0.1, -0.05) is 0 Å². The van der Waals surface area contributed by atoms with Crippen LogP contribution in [0.1, 0.15) is 20.3 Å². The second-order valence-electron chi connectivity index (χ2n) is 3.55.